The van der Waals surface area contributed by atoms with E-state index in [-0.39, 0.29) is 17.5 Å². The summed E-state index contributed by atoms with van der Waals surface area (Å²) < 4.78 is 32.5. The molecule has 0 amide bonds. The molecule has 0 fully saturated rings. The number of non-ortho nitro benzene ring substituents is 1. The van der Waals surface area contributed by atoms with Crippen LogP contribution >= 0.6 is 0 Å². The van der Waals surface area contributed by atoms with Crippen molar-refractivity contribution in [2.75, 3.05) is 0 Å². The van der Waals surface area contributed by atoms with Gasteiger partial charge in [0, 0.05) is 35.4 Å². The molecule has 3 rings (SSSR count). The Balaban J connectivity index is 1.72. The fourth-order valence-corrected chi connectivity index (χ4v) is 2.64. The molecule has 1 N–H and O–H groups in total. The van der Waals surface area contributed by atoms with Crippen LogP contribution < -0.4 is 5.32 Å². The molecule has 1 heterocycles. The molecule has 0 radical (unpaired) electrons. The van der Waals surface area contributed by atoms with E-state index in [1.54, 1.807) is 13.8 Å². The second kappa shape index (κ2) is 7.58. The lowest BCUT2D eigenvalue weighted by molar-refractivity contribution is -0.384. The summed E-state index contributed by atoms with van der Waals surface area (Å²) in [5.74, 6) is -0.785. The number of nitro benzene ring substituents is 1. The fourth-order valence-electron chi connectivity index (χ4n) is 2.64. The number of nitro groups is 1. The van der Waals surface area contributed by atoms with Crippen LogP contribution in [-0.2, 0) is 0 Å². The van der Waals surface area contributed by atoms with Crippen molar-refractivity contribution in [3.8, 4) is 11.5 Å². The number of hydrogen-bond acceptors (Lipinski definition) is 6. The van der Waals surface area contributed by atoms with E-state index in [4.69, 9.17) is 4.42 Å². The van der Waals surface area contributed by atoms with Crippen molar-refractivity contribution < 1.29 is 18.1 Å². The van der Waals surface area contributed by atoms with E-state index >= 15 is 0 Å². The molecule has 9 heteroatoms. The minimum absolute atomic E-state index is 0.0383. The molecular weight excluding hydrogens is 358 g/mol. The zero-order valence-electron chi connectivity index (χ0n) is 14.5. The largest absolute Gasteiger partial charge is 0.419 e. The fraction of sp³-hybridized carbons (Fsp3) is 0.222. The smallest absolute Gasteiger partial charge is 0.269 e. The average Bonchev–Trinajstić information content (AvgIpc) is 3.12. The van der Waals surface area contributed by atoms with Crippen LogP contribution in [0.1, 0.15) is 37.4 Å². The summed E-state index contributed by atoms with van der Waals surface area (Å²) in [7, 11) is 0. The third-order valence-electron chi connectivity index (χ3n) is 4.07. The minimum atomic E-state index is -0.640. The Kier molecular flexibility index (Phi) is 5.22. The SMILES string of the molecule is C[C@H](N[C@@H](C)c1ccc(F)cc1F)c1nnc(-c2ccc([N+](=O)[O-])cc2)o1. The molecule has 0 spiro atoms. The van der Waals surface area contributed by atoms with Crippen LogP contribution in [0, 0.1) is 21.7 Å². The van der Waals surface area contributed by atoms with Crippen molar-refractivity contribution in [1.29, 1.82) is 0 Å². The first-order valence-corrected chi connectivity index (χ1v) is 8.14. The summed E-state index contributed by atoms with van der Waals surface area (Å²) >= 11 is 0. The summed E-state index contributed by atoms with van der Waals surface area (Å²) in [6.07, 6.45) is 0. The Labute approximate surface area is 153 Å². The first-order chi connectivity index (χ1) is 12.8. The Bertz CT molecular complexity index is 959. The monoisotopic (exact) mass is 374 g/mol. The second-order valence-electron chi connectivity index (χ2n) is 6.03. The van der Waals surface area contributed by atoms with Crippen molar-refractivity contribution in [1.82, 2.24) is 15.5 Å². The minimum Gasteiger partial charge on any atom is -0.419 e. The van der Waals surface area contributed by atoms with E-state index in [1.165, 1.54) is 36.4 Å². The first-order valence-electron chi connectivity index (χ1n) is 8.14. The van der Waals surface area contributed by atoms with E-state index in [9.17, 15) is 18.9 Å². The lowest BCUT2D eigenvalue weighted by atomic mass is 10.1. The van der Waals surface area contributed by atoms with Crippen LogP contribution in [0.15, 0.2) is 46.9 Å². The predicted molar refractivity (Wildman–Crippen MR) is 92.7 cm³/mol. The Morgan fingerprint density at radius 3 is 2.41 bits per heavy atom. The number of halogens is 2. The van der Waals surface area contributed by atoms with Crippen LogP contribution in [-0.4, -0.2) is 15.1 Å². The van der Waals surface area contributed by atoms with Gasteiger partial charge >= 0.3 is 0 Å². The van der Waals surface area contributed by atoms with Gasteiger partial charge in [0.2, 0.25) is 11.8 Å². The van der Waals surface area contributed by atoms with Gasteiger partial charge in [-0.15, -0.1) is 10.2 Å². The second-order valence-corrected chi connectivity index (χ2v) is 6.03. The lowest BCUT2D eigenvalue weighted by Gasteiger charge is -2.18. The summed E-state index contributed by atoms with van der Waals surface area (Å²) in [5, 5.41) is 21.7. The third kappa shape index (κ3) is 4.14. The van der Waals surface area contributed by atoms with Gasteiger partial charge in [-0.25, -0.2) is 8.78 Å². The average molecular weight is 374 g/mol. The normalized spacial score (nSPS) is 13.3. The van der Waals surface area contributed by atoms with Gasteiger partial charge in [-0.1, -0.05) is 6.07 Å². The Morgan fingerprint density at radius 2 is 1.78 bits per heavy atom. The van der Waals surface area contributed by atoms with Gasteiger partial charge in [-0.05, 0) is 32.0 Å². The topological polar surface area (TPSA) is 94.1 Å². The molecule has 0 bridgehead atoms. The molecule has 3 aromatic rings. The van der Waals surface area contributed by atoms with Gasteiger partial charge in [0.05, 0.1) is 11.0 Å². The molecule has 7 nitrogen and oxygen atoms in total. The van der Waals surface area contributed by atoms with Crippen LogP contribution in [0.5, 0.6) is 0 Å². The van der Waals surface area contributed by atoms with E-state index in [0.717, 1.165) is 6.07 Å². The Morgan fingerprint density at radius 1 is 1.07 bits per heavy atom. The van der Waals surface area contributed by atoms with Crippen molar-refractivity contribution >= 4 is 5.69 Å². The number of hydrogen-bond donors (Lipinski definition) is 1. The zero-order chi connectivity index (χ0) is 19.6. The molecule has 140 valence electrons. The summed E-state index contributed by atoms with van der Waals surface area (Å²) in [5.41, 5.74) is 0.825. The summed E-state index contributed by atoms with van der Waals surface area (Å²) in [6, 6.07) is 8.32. The zero-order valence-corrected chi connectivity index (χ0v) is 14.5. The molecule has 27 heavy (non-hydrogen) atoms. The maximum atomic E-state index is 13.9. The highest BCUT2D eigenvalue weighted by Crippen LogP contribution is 2.25. The quantitative estimate of drug-likeness (QED) is 0.510. The van der Waals surface area contributed by atoms with E-state index < -0.39 is 28.6 Å². The number of nitrogens with zero attached hydrogens (tertiary/aromatic N) is 3. The molecular formula is C18H16F2N4O3. The van der Waals surface area contributed by atoms with Crippen molar-refractivity contribution in [2.45, 2.75) is 25.9 Å². The van der Waals surface area contributed by atoms with Gasteiger partial charge in [-0.2, -0.15) is 0 Å². The molecule has 1 aromatic heterocycles. The van der Waals surface area contributed by atoms with Crippen LogP contribution in [0.4, 0.5) is 14.5 Å². The Hall–Kier alpha value is -3.20. The molecule has 0 aliphatic carbocycles. The van der Waals surface area contributed by atoms with Crippen molar-refractivity contribution in [3.63, 3.8) is 0 Å². The molecule has 0 saturated heterocycles. The van der Waals surface area contributed by atoms with E-state index in [2.05, 4.69) is 15.5 Å². The van der Waals surface area contributed by atoms with Crippen LogP contribution in [0.3, 0.4) is 0 Å². The molecule has 0 aliphatic rings. The highest BCUT2D eigenvalue weighted by atomic mass is 19.1. The maximum Gasteiger partial charge on any atom is 0.269 e. The third-order valence-corrected chi connectivity index (χ3v) is 4.07. The molecule has 0 saturated carbocycles. The number of rotatable bonds is 6. The number of benzene rings is 2. The number of aromatic nitrogens is 2. The van der Waals surface area contributed by atoms with Crippen molar-refractivity contribution in [3.05, 3.63) is 75.7 Å². The summed E-state index contributed by atoms with van der Waals surface area (Å²) in [6.45, 7) is 3.51. The van der Waals surface area contributed by atoms with E-state index in [1.807, 2.05) is 0 Å². The molecule has 2 aromatic carbocycles. The maximum absolute atomic E-state index is 13.9. The molecule has 2 atom stereocenters. The van der Waals surface area contributed by atoms with Crippen LogP contribution in [0.2, 0.25) is 0 Å². The van der Waals surface area contributed by atoms with Gasteiger partial charge in [-0.3, -0.25) is 15.4 Å². The van der Waals surface area contributed by atoms with Crippen molar-refractivity contribution in [2.24, 2.45) is 0 Å². The number of nitrogens with one attached hydrogen (secondary N) is 1. The van der Waals surface area contributed by atoms with Gasteiger partial charge < -0.3 is 4.42 Å². The standard InChI is InChI=1S/C18H16F2N4O3/c1-10(15-8-5-13(19)9-16(15)20)21-11(2)17-22-23-18(27-17)12-3-6-14(7-4-12)24(25)26/h3-11,21H,1-2H3/t10-,11-/m0/s1. The van der Waals surface area contributed by atoms with Crippen LogP contribution in [0.25, 0.3) is 11.5 Å². The highest BCUT2D eigenvalue weighted by Gasteiger charge is 2.20. The van der Waals surface area contributed by atoms with Gasteiger partial charge in [0.15, 0.2) is 0 Å². The molecule has 0 unspecified atom stereocenters. The van der Waals surface area contributed by atoms with Gasteiger partial charge in [0.1, 0.15) is 11.6 Å². The van der Waals surface area contributed by atoms with E-state index in [0.29, 0.717) is 11.1 Å². The summed E-state index contributed by atoms with van der Waals surface area (Å²) in [4.78, 5) is 10.2. The predicted octanol–water partition coefficient (Wildman–Crippen LogP) is 4.33. The first kappa shape index (κ1) is 18.6. The highest BCUT2D eigenvalue weighted by molar-refractivity contribution is 5.55. The molecule has 0 aliphatic heterocycles. The van der Waals surface area contributed by atoms with Gasteiger partial charge in [0.25, 0.3) is 5.69 Å². The lowest BCUT2D eigenvalue weighted by Crippen LogP contribution is -2.23.